The van der Waals surface area contributed by atoms with E-state index < -0.39 is 0 Å². The minimum Gasteiger partial charge on any atom is -0.353 e. The van der Waals surface area contributed by atoms with Gasteiger partial charge in [0.2, 0.25) is 5.91 Å². The van der Waals surface area contributed by atoms with Crippen molar-refractivity contribution < 1.29 is 4.79 Å². The van der Waals surface area contributed by atoms with Crippen LogP contribution in [0.3, 0.4) is 0 Å². The van der Waals surface area contributed by atoms with E-state index in [9.17, 15) is 4.79 Å². The van der Waals surface area contributed by atoms with Crippen molar-refractivity contribution in [3.05, 3.63) is 35.9 Å². The normalized spacial score (nSPS) is 36.0. The summed E-state index contributed by atoms with van der Waals surface area (Å²) < 4.78 is 0. The van der Waals surface area contributed by atoms with Crippen molar-refractivity contribution in [1.82, 2.24) is 5.32 Å². The Morgan fingerprint density at radius 3 is 2.22 bits per heavy atom. The summed E-state index contributed by atoms with van der Waals surface area (Å²) in [6.45, 7) is 2.27. The van der Waals surface area contributed by atoms with Crippen molar-refractivity contribution in [3.63, 3.8) is 0 Å². The molecule has 4 aliphatic rings. The summed E-state index contributed by atoms with van der Waals surface area (Å²) in [6, 6.07) is 10.7. The Morgan fingerprint density at radius 2 is 1.65 bits per heavy atom. The van der Waals surface area contributed by atoms with Crippen LogP contribution in [0, 0.1) is 23.2 Å². The first kappa shape index (κ1) is 15.2. The van der Waals surface area contributed by atoms with Gasteiger partial charge in [0.05, 0.1) is 0 Å². The van der Waals surface area contributed by atoms with E-state index >= 15 is 0 Å². The van der Waals surface area contributed by atoms with Crippen molar-refractivity contribution in [2.75, 3.05) is 0 Å². The summed E-state index contributed by atoms with van der Waals surface area (Å²) in [5.74, 6) is 3.08. The topological polar surface area (TPSA) is 29.1 Å². The van der Waals surface area contributed by atoms with E-state index in [0.717, 1.165) is 24.2 Å². The molecule has 0 aromatic heterocycles. The van der Waals surface area contributed by atoms with Gasteiger partial charge >= 0.3 is 0 Å². The van der Waals surface area contributed by atoms with Crippen molar-refractivity contribution in [1.29, 1.82) is 0 Å². The van der Waals surface area contributed by atoms with Crippen molar-refractivity contribution in [2.45, 2.75) is 64.3 Å². The van der Waals surface area contributed by atoms with Crippen LogP contribution in [-0.4, -0.2) is 11.9 Å². The summed E-state index contributed by atoms with van der Waals surface area (Å²) in [4.78, 5) is 12.4. The number of carbonyl (C=O) groups excluding carboxylic acids is 1. The molecule has 0 aliphatic heterocycles. The average molecular weight is 311 g/mol. The number of aryl methyl sites for hydroxylation is 1. The quantitative estimate of drug-likeness (QED) is 0.861. The van der Waals surface area contributed by atoms with Gasteiger partial charge in [0.25, 0.3) is 0 Å². The zero-order chi connectivity index (χ0) is 15.9. The predicted molar refractivity (Wildman–Crippen MR) is 93.0 cm³/mol. The highest BCUT2D eigenvalue weighted by Gasteiger charge is 2.53. The van der Waals surface area contributed by atoms with Crippen molar-refractivity contribution in [2.24, 2.45) is 23.2 Å². The molecule has 0 spiro atoms. The van der Waals surface area contributed by atoms with Gasteiger partial charge in [0.15, 0.2) is 0 Å². The molecule has 0 radical (unpaired) electrons. The minimum atomic E-state index is 0.233. The predicted octanol–water partition coefficient (Wildman–Crippen LogP) is 4.34. The second-order valence-electron chi connectivity index (χ2n) is 8.55. The number of benzene rings is 1. The molecule has 1 unspecified atom stereocenters. The smallest absolute Gasteiger partial charge is 0.220 e. The second kappa shape index (κ2) is 5.96. The molecule has 124 valence electrons. The SMILES string of the molecule is CC(NC(=O)CCc1ccccc1)C12CC3CC(CC(C3)C1)C2. The molecular weight excluding hydrogens is 282 g/mol. The Hall–Kier alpha value is -1.31. The molecule has 2 heteroatoms. The van der Waals surface area contributed by atoms with Gasteiger partial charge < -0.3 is 5.32 Å². The first-order valence-corrected chi connectivity index (χ1v) is 9.46. The molecule has 4 fully saturated rings. The van der Waals surface area contributed by atoms with Crippen LogP contribution in [0.25, 0.3) is 0 Å². The van der Waals surface area contributed by atoms with E-state index in [1.165, 1.54) is 44.1 Å². The number of rotatable bonds is 5. The lowest BCUT2D eigenvalue weighted by Gasteiger charge is -2.59. The zero-order valence-electron chi connectivity index (χ0n) is 14.3. The van der Waals surface area contributed by atoms with Crippen LogP contribution in [0.4, 0.5) is 0 Å². The maximum Gasteiger partial charge on any atom is 0.220 e. The van der Waals surface area contributed by atoms with E-state index in [-0.39, 0.29) is 5.91 Å². The lowest BCUT2D eigenvalue weighted by atomic mass is 9.48. The summed E-state index contributed by atoms with van der Waals surface area (Å²) in [5.41, 5.74) is 1.67. The third-order valence-electron chi connectivity index (χ3n) is 6.87. The fraction of sp³-hybridized carbons (Fsp3) is 0.667. The second-order valence-corrected chi connectivity index (χ2v) is 8.55. The Kier molecular flexibility index (Phi) is 3.95. The molecule has 1 atom stereocenters. The molecule has 4 bridgehead atoms. The van der Waals surface area contributed by atoms with Crippen LogP contribution in [0.5, 0.6) is 0 Å². The molecule has 1 aromatic rings. The molecule has 1 aromatic carbocycles. The monoisotopic (exact) mass is 311 g/mol. The van der Waals surface area contributed by atoms with E-state index in [1.54, 1.807) is 0 Å². The van der Waals surface area contributed by atoms with Crippen LogP contribution in [-0.2, 0) is 11.2 Å². The van der Waals surface area contributed by atoms with Gasteiger partial charge in [-0.3, -0.25) is 4.79 Å². The summed E-state index contributed by atoms with van der Waals surface area (Å²) in [5, 5.41) is 3.37. The third kappa shape index (κ3) is 3.05. The first-order valence-electron chi connectivity index (χ1n) is 9.46. The molecule has 4 aliphatic carbocycles. The number of hydrogen-bond donors (Lipinski definition) is 1. The van der Waals surface area contributed by atoms with E-state index in [4.69, 9.17) is 0 Å². The number of amides is 1. The van der Waals surface area contributed by atoms with Crippen LogP contribution in [0.15, 0.2) is 30.3 Å². The van der Waals surface area contributed by atoms with Gasteiger partial charge in [-0.1, -0.05) is 30.3 Å². The molecule has 0 saturated heterocycles. The molecule has 1 N–H and O–H groups in total. The molecular formula is C21H29NO. The maximum atomic E-state index is 12.4. The Morgan fingerprint density at radius 1 is 1.09 bits per heavy atom. The highest BCUT2D eigenvalue weighted by molar-refractivity contribution is 5.76. The lowest BCUT2D eigenvalue weighted by molar-refractivity contribution is -0.125. The van der Waals surface area contributed by atoms with E-state index in [2.05, 4.69) is 24.4 Å². The van der Waals surface area contributed by atoms with Gasteiger partial charge in [-0.2, -0.15) is 0 Å². The maximum absolute atomic E-state index is 12.4. The van der Waals surface area contributed by atoms with Crippen LogP contribution >= 0.6 is 0 Å². The number of carbonyl (C=O) groups is 1. The fourth-order valence-electron chi connectivity index (χ4n) is 6.08. The molecule has 23 heavy (non-hydrogen) atoms. The van der Waals surface area contributed by atoms with Gasteiger partial charge in [0, 0.05) is 12.5 Å². The third-order valence-corrected chi connectivity index (χ3v) is 6.87. The number of nitrogens with one attached hydrogen (secondary N) is 1. The molecule has 2 nitrogen and oxygen atoms in total. The lowest BCUT2D eigenvalue weighted by Crippen LogP contribution is -2.55. The summed E-state index contributed by atoms with van der Waals surface area (Å²) in [6.07, 6.45) is 9.94. The molecule has 5 rings (SSSR count). The Balaban J connectivity index is 1.34. The summed E-state index contributed by atoms with van der Waals surface area (Å²) in [7, 11) is 0. The Bertz CT molecular complexity index is 529. The average Bonchev–Trinajstić information content (AvgIpc) is 2.52. The van der Waals surface area contributed by atoms with Crippen LogP contribution < -0.4 is 5.32 Å². The highest BCUT2D eigenvalue weighted by atomic mass is 16.1. The van der Waals surface area contributed by atoms with E-state index in [1.807, 2.05) is 18.2 Å². The first-order chi connectivity index (χ1) is 11.1. The number of hydrogen-bond acceptors (Lipinski definition) is 1. The van der Waals surface area contributed by atoms with Crippen molar-refractivity contribution in [3.8, 4) is 0 Å². The molecule has 1 amide bonds. The minimum absolute atomic E-state index is 0.233. The van der Waals surface area contributed by atoms with Gasteiger partial charge in [0.1, 0.15) is 0 Å². The fourth-order valence-corrected chi connectivity index (χ4v) is 6.08. The molecule has 4 saturated carbocycles. The van der Waals surface area contributed by atoms with Gasteiger partial charge in [-0.25, -0.2) is 0 Å². The van der Waals surface area contributed by atoms with Crippen LogP contribution in [0.2, 0.25) is 0 Å². The van der Waals surface area contributed by atoms with E-state index in [0.29, 0.717) is 17.9 Å². The van der Waals surface area contributed by atoms with Gasteiger partial charge in [-0.05, 0) is 80.6 Å². The summed E-state index contributed by atoms with van der Waals surface area (Å²) >= 11 is 0. The zero-order valence-corrected chi connectivity index (χ0v) is 14.3. The van der Waals surface area contributed by atoms with Crippen LogP contribution in [0.1, 0.15) is 57.4 Å². The Labute approximate surface area is 140 Å². The molecule has 0 heterocycles. The standard InChI is InChI=1S/C21H29NO/c1-15(22-20(23)8-7-16-5-3-2-4-6-16)21-12-17-9-18(13-21)11-19(10-17)14-21/h2-6,15,17-19H,7-14H2,1H3,(H,22,23). The highest BCUT2D eigenvalue weighted by Crippen LogP contribution is 2.61. The largest absolute Gasteiger partial charge is 0.353 e. The van der Waals surface area contributed by atoms with Gasteiger partial charge in [-0.15, -0.1) is 0 Å². The van der Waals surface area contributed by atoms with Crippen molar-refractivity contribution >= 4 is 5.91 Å².